The van der Waals surface area contributed by atoms with Crippen LogP contribution in [0.1, 0.15) is 42.9 Å². The van der Waals surface area contributed by atoms with E-state index in [-0.39, 0.29) is 11.8 Å². The molecule has 0 aromatic carbocycles. The lowest BCUT2D eigenvalue weighted by atomic mass is 10.3. The minimum Gasteiger partial charge on any atom is -0.339 e. The van der Waals surface area contributed by atoms with E-state index in [1.807, 2.05) is 22.9 Å². The molecule has 0 spiro atoms. The molecule has 1 aromatic rings. The van der Waals surface area contributed by atoms with Crippen LogP contribution in [0.15, 0.2) is 12.1 Å². The molecular weight excluding hydrogens is 316 g/mol. The molecule has 0 saturated carbocycles. The Morgan fingerprint density at radius 1 is 1.04 bits per heavy atom. The fraction of sp³-hybridized carbons (Fsp3) is 0.684. The zero-order valence-corrected chi connectivity index (χ0v) is 15.7. The van der Waals surface area contributed by atoms with Crippen LogP contribution in [0.2, 0.25) is 0 Å². The van der Waals surface area contributed by atoms with E-state index in [0.29, 0.717) is 25.7 Å². The van der Waals surface area contributed by atoms with Crippen LogP contribution >= 0.6 is 0 Å². The number of aromatic nitrogens is 1. The van der Waals surface area contributed by atoms with Crippen LogP contribution in [-0.2, 0) is 17.8 Å². The van der Waals surface area contributed by atoms with E-state index in [2.05, 4.69) is 29.4 Å². The maximum absolute atomic E-state index is 12.7. The summed E-state index contributed by atoms with van der Waals surface area (Å²) in [7, 11) is 1.98. The largest absolute Gasteiger partial charge is 0.339 e. The van der Waals surface area contributed by atoms with E-state index in [0.717, 1.165) is 50.3 Å². The van der Waals surface area contributed by atoms with Crippen LogP contribution in [0, 0.1) is 0 Å². The van der Waals surface area contributed by atoms with E-state index in [4.69, 9.17) is 0 Å². The van der Waals surface area contributed by atoms with E-state index in [9.17, 15) is 9.59 Å². The molecule has 1 fully saturated rings. The van der Waals surface area contributed by atoms with Gasteiger partial charge in [-0.3, -0.25) is 14.5 Å². The van der Waals surface area contributed by atoms with Crippen molar-refractivity contribution < 1.29 is 9.59 Å². The smallest absolute Gasteiger partial charge is 0.270 e. The quantitative estimate of drug-likeness (QED) is 0.829. The van der Waals surface area contributed by atoms with E-state index >= 15 is 0 Å². The van der Waals surface area contributed by atoms with Gasteiger partial charge in [0.15, 0.2) is 0 Å². The van der Waals surface area contributed by atoms with Gasteiger partial charge in [0, 0.05) is 50.9 Å². The van der Waals surface area contributed by atoms with Crippen molar-refractivity contribution in [2.75, 3.05) is 39.8 Å². The first-order valence-corrected chi connectivity index (χ1v) is 9.43. The molecule has 6 nitrogen and oxygen atoms in total. The highest BCUT2D eigenvalue weighted by atomic mass is 16.2. The maximum atomic E-state index is 12.7. The molecule has 25 heavy (non-hydrogen) atoms. The Balaban J connectivity index is 1.66. The lowest BCUT2D eigenvalue weighted by Crippen LogP contribution is -2.42. The first-order valence-electron chi connectivity index (χ1n) is 9.43. The molecule has 3 heterocycles. The summed E-state index contributed by atoms with van der Waals surface area (Å²) in [5.74, 6) is 0.317. The summed E-state index contributed by atoms with van der Waals surface area (Å²) in [6.45, 7) is 8.48. The molecule has 0 aliphatic carbocycles. The molecule has 0 N–H and O–H groups in total. The van der Waals surface area contributed by atoms with Crippen LogP contribution in [0.25, 0.3) is 0 Å². The summed E-state index contributed by atoms with van der Waals surface area (Å²) in [4.78, 5) is 31.3. The molecule has 0 unspecified atom stereocenters. The number of carbonyl (C=O) groups is 2. The number of hydrogen-bond acceptors (Lipinski definition) is 3. The molecule has 0 radical (unpaired) electrons. The van der Waals surface area contributed by atoms with Gasteiger partial charge >= 0.3 is 0 Å². The van der Waals surface area contributed by atoms with Gasteiger partial charge in [-0.25, -0.2) is 0 Å². The Morgan fingerprint density at radius 3 is 2.44 bits per heavy atom. The lowest BCUT2D eigenvalue weighted by Gasteiger charge is -2.26. The first-order chi connectivity index (χ1) is 12.0. The molecule has 6 heteroatoms. The third-order valence-corrected chi connectivity index (χ3v) is 5.53. The van der Waals surface area contributed by atoms with Gasteiger partial charge < -0.3 is 14.4 Å². The molecule has 1 saturated heterocycles. The van der Waals surface area contributed by atoms with Crippen molar-refractivity contribution in [1.29, 1.82) is 0 Å². The predicted octanol–water partition coefficient (Wildman–Crippen LogP) is 1.45. The van der Waals surface area contributed by atoms with Gasteiger partial charge in [-0.2, -0.15) is 0 Å². The van der Waals surface area contributed by atoms with Gasteiger partial charge in [-0.1, -0.05) is 0 Å². The highest BCUT2D eigenvalue weighted by molar-refractivity contribution is 5.93. The van der Waals surface area contributed by atoms with Crippen molar-refractivity contribution in [3.8, 4) is 0 Å². The standard InChI is InChI=1S/C19H30N4O2/c1-15(2)20(3)14-18(24)21-11-8-16-6-7-17(23(16)13-12-21)19(25)22-9-4-5-10-22/h6-7,15H,4-5,8-14H2,1-3H3. The normalized spacial score (nSPS) is 18.0. The molecule has 138 valence electrons. The zero-order chi connectivity index (χ0) is 18.0. The molecule has 0 atom stereocenters. The van der Waals surface area contributed by atoms with Crippen molar-refractivity contribution in [3.05, 3.63) is 23.5 Å². The third kappa shape index (κ3) is 3.89. The maximum Gasteiger partial charge on any atom is 0.270 e. The monoisotopic (exact) mass is 346 g/mol. The Kier molecular flexibility index (Phi) is 5.47. The summed E-state index contributed by atoms with van der Waals surface area (Å²) in [6, 6.07) is 4.37. The second kappa shape index (κ2) is 7.60. The fourth-order valence-corrected chi connectivity index (χ4v) is 3.59. The topological polar surface area (TPSA) is 48.8 Å². The summed E-state index contributed by atoms with van der Waals surface area (Å²) >= 11 is 0. The summed E-state index contributed by atoms with van der Waals surface area (Å²) in [6.07, 6.45) is 3.01. The van der Waals surface area contributed by atoms with Crippen LogP contribution in [0.5, 0.6) is 0 Å². The summed E-state index contributed by atoms with van der Waals surface area (Å²) in [5, 5.41) is 0. The van der Waals surface area contributed by atoms with Crippen molar-refractivity contribution in [2.45, 2.75) is 45.7 Å². The number of carbonyl (C=O) groups excluding carboxylic acids is 2. The van der Waals surface area contributed by atoms with Crippen LogP contribution in [0.4, 0.5) is 0 Å². The van der Waals surface area contributed by atoms with Crippen molar-refractivity contribution >= 4 is 11.8 Å². The minimum atomic E-state index is 0.142. The molecule has 3 rings (SSSR count). The molecule has 1 aromatic heterocycles. The highest BCUT2D eigenvalue weighted by Gasteiger charge is 2.26. The molecule has 2 aliphatic heterocycles. The number of fused-ring (bicyclic) bond motifs is 1. The average molecular weight is 346 g/mol. The van der Waals surface area contributed by atoms with Crippen molar-refractivity contribution in [1.82, 2.24) is 19.3 Å². The number of rotatable bonds is 4. The third-order valence-electron chi connectivity index (χ3n) is 5.53. The number of nitrogens with zero attached hydrogens (tertiary/aromatic N) is 4. The average Bonchev–Trinajstić information content (AvgIpc) is 3.20. The second-order valence-electron chi connectivity index (χ2n) is 7.50. The van der Waals surface area contributed by atoms with Gasteiger partial charge in [-0.05, 0) is 45.9 Å². The van der Waals surface area contributed by atoms with Gasteiger partial charge in [-0.15, -0.1) is 0 Å². The number of hydrogen-bond donors (Lipinski definition) is 0. The molecular formula is C19H30N4O2. The summed E-state index contributed by atoms with van der Waals surface area (Å²) in [5.41, 5.74) is 1.94. The highest BCUT2D eigenvalue weighted by Crippen LogP contribution is 2.19. The molecule has 0 bridgehead atoms. The Morgan fingerprint density at radius 2 is 1.76 bits per heavy atom. The number of likely N-dealkylation sites (N-methyl/N-ethyl adjacent to an activating group) is 1. The fourth-order valence-electron chi connectivity index (χ4n) is 3.59. The summed E-state index contributed by atoms with van der Waals surface area (Å²) < 4.78 is 2.13. The van der Waals surface area contributed by atoms with Crippen LogP contribution in [-0.4, -0.2) is 76.9 Å². The zero-order valence-electron chi connectivity index (χ0n) is 15.7. The van der Waals surface area contributed by atoms with Crippen molar-refractivity contribution in [2.24, 2.45) is 0 Å². The van der Waals surface area contributed by atoms with Crippen molar-refractivity contribution in [3.63, 3.8) is 0 Å². The van der Waals surface area contributed by atoms with E-state index in [1.54, 1.807) is 0 Å². The van der Waals surface area contributed by atoms with Gasteiger partial charge in [0.25, 0.3) is 5.91 Å². The predicted molar refractivity (Wildman–Crippen MR) is 97.6 cm³/mol. The first kappa shape index (κ1) is 18.0. The van der Waals surface area contributed by atoms with Crippen LogP contribution in [0.3, 0.4) is 0 Å². The number of amides is 2. The van der Waals surface area contributed by atoms with Crippen LogP contribution < -0.4 is 0 Å². The number of likely N-dealkylation sites (tertiary alicyclic amines) is 1. The van der Waals surface area contributed by atoms with Gasteiger partial charge in [0.2, 0.25) is 5.91 Å². The molecule has 2 aliphatic rings. The van der Waals surface area contributed by atoms with Gasteiger partial charge in [0.05, 0.1) is 6.54 Å². The Labute approximate surface area is 150 Å². The van der Waals surface area contributed by atoms with E-state index in [1.165, 1.54) is 0 Å². The SMILES string of the molecule is CC(C)N(C)CC(=O)N1CCc2ccc(C(=O)N3CCCC3)n2CC1. The Hall–Kier alpha value is -1.82. The van der Waals surface area contributed by atoms with Gasteiger partial charge in [0.1, 0.15) is 5.69 Å². The lowest BCUT2D eigenvalue weighted by molar-refractivity contribution is -0.132. The molecule has 2 amide bonds. The Bertz CT molecular complexity index is 631. The second-order valence-corrected chi connectivity index (χ2v) is 7.50. The van der Waals surface area contributed by atoms with E-state index < -0.39 is 0 Å². The minimum absolute atomic E-state index is 0.142.